The van der Waals surface area contributed by atoms with Crippen LogP contribution in [-0.2, 0) is 6.54 Å². The molecule has 0 saturated carbocycles. The van der Waals surface area contributed by atoms with Gasteiger partial charge >= 0.3 is 0 Å². The minimum atomic E-state index is 0.216. The number of aliphatic hydroxyl groups is 1. The van der Waals surface area contributed by atoms with Gasteiger partial charge in [0, 0.05) is 29.8 Å². The molecule has 0 saturated heterocycles. The summed E-state index contributed by atoms with van der Waals surface area (Å²) in [7, 11) is 0. The first-order valence-corrected chi connectivity index (χ1v) is 5.69. The topological polar surface area (TPSA) is 58.3 Å². The minimum absolute atomic E-state index is 0.216. The molecule has 14 heavy (non-hydrogen) atoms. The number of nitrogen functional groups attached to an aromatic ring is 1. The number of rotatable bonds is 5. The Kier molecular flexibility index (Phi) is 4.38. The molecule has 0 fully saturated rings. The Morgan fingerprint density at radius 2 is 2.29 bits per heavy atom. The van der Waals surface area contributed by atoms with Gasteiger partial charge in [-0.3, -0.25) is 0 Å². The van der Waals surface area contributed by atoms with E-state index in [0.29, 0.717) is 6.04 Å². The maximum atomic E-state index is 8.95. The zero-order valence-corrected chi connectivity index (χ0v) is 9.47. The predicted molar refractivity (Wildman–Crippen MR) is 61.3 cm³/mol. The van der Waals surface area contributed by atoms with Crippen LogP contribution >= 0.6 is 11.3 Å². The lowest BCUT2D eigenvalue weighted by molar-refractivity contribution is 0.207. The van der Waals surface area contributed by atoms with E-state index in [1.54, 1.807) is 11.3 Å². The largest absolute Gasteiger partial charge is 0.398 e. The standard InChI is InChI=1S/C10H18N2OS/c1-7(6-13)8(2)12-5-10-9(11)3-4-14-10/h3-4,7-8,12-13H,5-6,11H2,1-2H3. The van der Waals surface area contributed by atoms with Crippen LogP contribution in [0.25, 0.3) is 0 Å². The fourth-order valence-corrected chi connectivity index (χ4v) is 1.86. The van der Waals surface area contributed by atoms with Gasteiger partial charge in [-0.25, -0.2) is 0 Å². The average Bonchev–Trinajstić information content (AvgIpc) is 2.59. The third kappa shape index (κ3) is 2.97. The van der Waals surface area contributed by atoms with Crippen molar-refractivity contribution in [2.75, 3.05) is 12.3 Å². The van der Waals surface area contributed by atoms with Crippen molar-refractivity contribution in [3.05, 3.63) is 16.3 Å². The van der Waals surface area contributed by atoms with E-state index in [9.17, 15) is 0 Å². The molecule has 1 aromatic rings. The van der Waals surface area contributed by atoms with Crippen LogP contribution in [0.3, 0.4) is 0 Å². The Balaban J connectivity index is 2.37. The lowest BCUT2D eigenvalue weighted by atomic mass is 10.1. The summed E-state index contributed by atoms with van der Waals surface area (Å²) in [5, 5.41) is 14.3. The molecular weight excluding hydrogens is 196 g/mol. The van der Waals surface area contributed by atoms with Crippen LogP contribution in [0.4, 0.5) is 5.69 Å². The first-order chi connectivity index (χ1) is 6.65. The van der Waals surface area contributed by atoms with E-state index in [1.165, 1.54) is 4.88 Å². The van der Waals surface area contributed by atoms with Gasteiger partial charge in [-0.1, -0.05) is 6.92 Å². The summed E-state index contributed by atoms with van der Waals surface area (Å²) in [6.07, 6.45) is 0. The highest BCUT2D eigenvalue weighted by Crippen LogP contribution is 2.18. The van der Waals surface area contributed by atoms with E-state index >= 15 is 0 Å². The number of hydrogen-bond donors (Lipinski definition) is 3. The summed E-state index contributed by atoms with van der Waals surface area (Å²) in [6, 6.07) is 2.23. The molecule has 0 radical (unpaired) electrons. The quantitative estimate of drug-likeness (QED) is 0.695. The molecule has 0 aliphatic carbocycles. The molecule has 4 heteroatoms. The van der Waals surface area contributed by atoms with Crippen LogP contribution in [0.2, 0.25) is 0 Å². The molecule has 1 rings (SSSR count). The molecule has 0 spiro atoms. The van der Waals surface area contributed by atoms with Crippen molar-refractivity contribution in [3.63, 3.8) is 0 Å². The number of hydrogen-bond acceptors (Lipinski definition) is 4. The lowest BCUT2D eigenvalue weighted by Gasteiger charge is -2.18. The summed E-state index contributed by atoms with van der Waals surface area (Å²) in [4.78, 5) is 1.17. The van der Waals surface area contributed by atoms with Gasteiger partial charge in [0.15, 0.2) is 0 Å². The second-order valence-electron chi connectivity index (χ2n) is 3.63. The lowest BCUT2D eigenvalue weighted by Crippen LogP contribution is -2.33. The monoisotopic (exact) mass is 214 g/mol. The van der Waals surface area contributed by atoms with Crippen molar-refractivity contribution in [1.29, 1.82) is 0 Å². The molecule has 2 atom stereocenters. The number of aliphatic hydroxyl groups excluding tert-OH is 1. The van der Waals surface area contributed by atoms with Crippen molar-refractivity contribution in [3.8, 4) is 0 Å². The molecule has 1 aromatic heterocycles. The Morgan fingerprint density at radius 1 is 1.57 bits per heavy atom. The third-order valence-electron chi connectivity index (χ3n) is 2.51. The van der Waals surface area contributed by atoms with E-state index in [0.717, 1.165) is 12.2 Å². The van der Waals surface area contributed by atoms with Gasteiger partial charge in [0.05, 0.1) is 0 Å². The van der Waals surface area contributed by atoms with Crippen molar-refractivity contribution >= 4 is 17.0 Å². The van der Waals surface area contributed by atoms with Gasteiger partial charge in [-0.05, 0) is 24.3 Å². The van der Waals surface area contributed by atoms with Gasteiger partial charge in [0.1, 0.15) is 0 Å². The van der Waals surface area contributed by atoms with Crippen LogP contribution in [0.1, 0.15) is 18.7 Å². The molecule has 0 bridgehead atoms. The first-order valence-electron chi connectivity index (χ1n) is 4.81. The number of thiophene rings is 1. The zero-order valence-electron chi connectivity index (χ0n) is 8.66. The third-order valence-corrected chi connectivity index (χ3v) is 3.44. The van der Waals surface area contributed by atoms with E-state index in [2.05, 4.69) is 12.2 Å². The zero-order chi connectivity index (χ0) is 10.6. The molecule has 80 valence electrons. The second kappa shape index (κ2) is 5.34. The van der Waals surface area contributed by atoms with Crippen molar-refractivity contribution in [2.45, 2.75) is 26.4 Å². The molecule has 1 heterocycles. The summed E-state index contributed by atoms with van der Waals surface area (Å²) in [5.41, 5.74) is 6.61. The van der Waals surface area contributed by atoms with E-state index < -0.39 is 0 Å². The van der Waals surface area contributed by atoms with Gasteiger partial charge < -0.3 is 16.2 Å². The smallest absolute Gasteiger partial charge is 0.0471 e. The maximum Gasteiger partial charge on any atom is 0.0471 e. The molecule has 0 aliphatic rings. The Bertz CT molecular complexity index is 275. The van der Waals surface area contributed by atoms with Gasteiger partial charge in [-0.2, -0.15) is 0 Å². The summed E-state index contributed by atoms with van der Waals surface area (Å²) in [5.74, 6) is 0.274. The highest BCUT2D eigenvalue weighted by Gasteiger charge is 2.10. The van der Waals surface area contributed by atoms with Crippen LogP contribution in [0.5, 0.6) is 0 Å². The SMILES string of the molecule is CC(CO)C(C)NCc1sccc1N. The molecule has 4 N–H and O–H groups in total. The van der Waals surface area contributed by atoms with Crippen molar-refractivity contribution < 1.29 is 5.11 Å². The molecule has 3 nitrogen and oxygen atoms in total. The molecule has 0 aliphatic heterocycles. The highest BCUT2D eigenvalue weighted by molar-refractivity contribution is 7.10. The Hall–Kier alpha value is -0.580. The van der Waals surface area contributed by atoms with E-state index in [-0.39, 0.29) is 12.5 Å². The van der Waals surface area contributed by atoms with Crippen LogP contribution in [0.15, 0.2) is 11.4 Å². The highest BCUT2D eigenvalue weighted by atomic mass is 32.1. The first kappa shape index (κ1) is 11.5. The summed E-state index contributed by atoms with van der Waals surface area (Å²) >= 11 is 1.66. The molecule has 0 amide bonds. The van der Waals surface area contributed by atoms with Crippen LogP contribution < -0.4 is 11.1 Å². The van der Waals surface area contributed by atoms with Crippen LogP contribution in [0, 0.1) is 5.92 Å². The number of nitrogens with one attached hydrogen (secondary N) is 1. The summed E-state index contributed by atoms with van der Waals surface area (Å²) < 4.78 is 0. The normalized spacial score (nSPS) is 15.4. The van der Waals surface area contributed by atoms with Crippen molar-refractivity contribution in [1.82, 2.24) is 5.32 Å². The van der Waals surface area contributed by atoms with E-state index in [1.807, 2.05) is 18.4 Å². The average molecular weight is 214 g/mol. The second-order valence-corrected chi connectivity index (χ2v) is 4.63. The Labute approximate surface area is 88.9 Å². The number of nitrogens with two attached hydrogens (primary N) is 1. The summed E-state index contributed by atoms with van der Waals surface area (Å²) in [6.45, 7) is 5.10. The minimum Gasteiger partial charge on any atom is -0.398 e. The van der Waals surface area contributed by atoms with Gasteiger partial charge in [-0.15, -0.1) is 11.3 Å². The molecule has 2 unspecified atom stereocenters. The molecule has 0 aromatic carbocycles. The molecular formula is C10H18N2OS. The van der Waals surface area contributed by atoms with Gasteiger partial charge in [0.2, 0.25) is 0 Å². The van der Waals surface area contributed by atoms with Crippen LogP contribution in [-0.4, -0.2) is 17.8 Å². The maximum absolute atomic E-state index is 8.95. The Morgan fingerprint density at radius 3 is 2.79 bits per heavy atom. The predicted octanol–water partition coefficient (Wildman–Crippen LogP) is 1.44. The fourth-order valence-electron chi connectivity index (χ4n) is 1.11. The fraction of sp³-hybridized carbons (Fsp3) is 0.600. The number of anilines is 1. The van der Waals surface area contributed by atoms with Gasteiger partial charge in [0.25, 0.3) is 0 Å². The van der Waals surface area contributed by atoms with Crippen molar-refractivity contribution in [2.24, 2.45) is 5.92 Å². The van der Waals surface area contributed by atoms with E-state index in [4.69, 9.17) is 10.8 Å².